The lowest BCUT2D eigenvalue weighted by atomic mass is 9.86. The van der Waals surface area contributed by atoms with Crippen molar-refractivity contribution in [2.75, 3.05) is 0 Å². The van der Waals surface area contributed by atoms with Gasteiger partial charge in [0.15, 0.2) is 22.3 Å². The number of oxazole rings is 4. The van der Waals surface area contributed by atoms with Crippen LogP contribution in [0.25, 0.3) is 100 Å². The van der Waals surface area contributed by atoms with Gasteiger partial charge < -0.3 is 37.6 Å². The van der Waals surface area contributed by atoms with Crippen molar-refractivity contribution in [2.24, 2.45) is 7.05 Å². The van der Waals surface area contributed by atoms with Gasteiger partial charge in [-0.1, -0.05) is 230 Å². The molecule has 0 amide bonds. The lowest BCUT2D eigenvalue weighted by Crippen LogP contribution is -2.12. The zero-order valence-electron chi connectivity index (χ0n) is 70.9. The number of benzene rings is 9. The van der Waals surface area contributed by atoms with Crippen LogP contribution in [0.15, 0.2) is 220 Å². The number of hydrogen-bond acceptors (Lipinski definition) is 9. The van der Waals surface area contributed by atoms with Gasteiger partial charge in [-0.25, -0.2) is 24.4 Å². The summed E-state index contributed by atoms with van der Waals surface area (Å²) in [5.74, 6) is 0.674. The van der Waals surface area contributed by atoms with Crippen LogP contribution in [0.1, 0.15) is 220 Å². The highest BCUT2D eigenvalue weighted by molar-refractivity contribution is 5.86. The number of rotatable bonds is 2. The molecule has 0 spiro atoms. The number of fused-ring (bicyclic) bond motifs is 9. The van der Waals surface area contributed by atoms with E-state index in [1.54, 1.807) is 12.6 Å². The Kier molecular flexibility index (Phi) is 23.8. The van der Waals surface area contributed by atoms with E-state index in [1.165, 1.54) is 102 Å². The Morgan fingerprint density at radius 1 is 0.363 bits per heavy atom. The average Bonchev–Trinajstić information content (AvgIpc) is 1.64. The smallest absolute Gasteiger partial charge is 0.419 e. The second-order valence-corrected chi connectivity index (χ2v) is 37.3. The SMILES string of the molecule is CC(C)(C)c1ccc2[nH]c(=O)[nH]c2c1.CC(C)(C)c1ccc2[nH]c(=O)oc2c1.CC(C)(C)c1ccc2c3c([nH]c2c1)CCCC3.CC(C)(C)c1ccc2oc(-c3ccccc3)nc2c1.Cc1cc2cc(C(C)(C)C)ccc2[nH]1.Cc1ccccc1-c1nc2cc(C(C)(C)C)ccc2o1.Cn1c(=O)oc2ccc(C(C)(C)C)cc21. The number of imidazole rings is 1. The number of hydrogen-bond donors (Lipinski definition) is 5. The van der Waals surface area contributed by atoms with Gasteiger partial charge in [0, 0.05) is 46.0 Å². The molecular formula is C98H116N8O7. The molecule has 0 atom stereocenters. The topological polar surface area (TPSA) is 213 Å². The summed E-state index contributed by atoms with van der Waals surface area (Å²) in [5, 5.41) is 2.77. The van der Waals surface area contributed by atoms with Crippen molar-refractivity contribution in [2.45, 2.75) is 223 Å². The zero-order chi connectivity index (χ0) is 82.1. The molecule has 0 saturated carbocycles. The third kappa shape index (κ3) is 20.4. The Morgan fingerprint density at radius 2 is 0.823 bits per heavy atom. The second kappa shape index (κ2) is 32.5. The first kappa shape index (κ1) is 82.8. The number of nitrogens with one attached hydrogen (secondary N) is 5. The molecule has 7 heterocycles. The average molecular weight is 1520 g/mol. The summed E-state index contributed by atoms with van der Waals surface area (Å²) in [6.07, 6.45) is 5.17. The molecule has 7 aromatic heterocycles. The standard InChI is InChI=1S/C18H19NO.C17H17NO.C16H21N.C13H17N.C12H15NO2.C11H14N2O.C11H13NO2/c1-12-7-5-6-8-14(12)17-19-15-11-13(18(2,3)4)9-10-16(15)20-17;1-17(2,3)13-9-10-15-14(11-13)18-16(19-15)12-7-5-4-6-8-12;1-16(2,3)11-8-9-13-12-6-4-5-7-14(12)17-15(13)10-11;1-9-7-10-8-11(13(2,3)4)5-6-12(10)14-9;1-12(2,3)8-5-6-10-9(7-8)13(4)11(14)15-10;1-11(2,3)7-4-5-8-9(6-7)13-10(14)12-8;1-11(2,3)7-4-5-8-9(6-7)14-10(13)12-8/h5-11H,1-4H3;4-11H,1-3H3;8-10,17H,4-7H2,1-3H3;5-8,14H,1-4H3;5-7H,1-4H3;4-6H,1-3H3,(H2,12,13,14);4-6H,1-3H3,(H,12,13). The summed E-state index contributed by atoms with van der Waals surface area (Å²) in [5.41, 5.74) is 28.0. The molecule has 9 aromatic carbocycles. The molecule has 15 nitrogen and oxygen atoms in total. The van der Waals surface area contributed by atoms with Crippen LogP contribution in [-0.4, -0.2) is 39.5 Å². The fourth-order valence-corrected chi connectivity index (χ4v) is 13.5. The first-order valence-corrected chi connectivity index (χ1v) is 39.5. The van der Waals surface area contributed by atoms with Gasteiger partial charge in [-0.2, -0.15) is 0 Å². The predicted molar refractivity (Wildman–Crippen MR) is 470 cm³/mol. The Morgan fingerprint density at radius 3 is 1.41 bits per heavy atom. The summed E-state index contributed by atoms with van der Waals surface area (Å²) >= 11 is 0. The van der Waals surface area contributed by atoms with E-state index >= 15 is 0 Å². The third-order valence-corrected chi connectivity index (χ3v) is 20.8. The molecule has 0 radical (unpaired) electrons. The van der Waals surface area contributed by atoms with E-state index in [0.29, 0.717) is 22.9 Å². The summed E-state index contributed by atoms with van der Waals surface area (Å²) in [7, 11) is 1.72. The molecule has 5 N–H and O–H groups in total. The maximum absolute atomic E-state index is 11.3. The number of aromatic nitrogens is 8. The minimum absolute atomic E-state index is 0.0734. The molecule has 0 unspecified atom stereocenters. The maximum Gasteiger partial charge on any atom is 0.419 e. The monoisotopic (exact) mass is 1520 g/mol. The first-order valence-electron chi connectivity index (χ1n) is 39.5. The van der Waals surface area contributed by atoms with Crippen LogP contribution in [0.2, 0.25) is 0 Å². The van der Waals surface area contributed by atoms with Crippen LogP contribution in [0.3, 0.4) is 0 Å². The van der Waals surface area contributed by atoms with Crippen molar-refractivity contribution in [3.8, 4) is 22.9 Å². The molecule has 0 fully saturated rings. The van der Waals surface area contributed by atoms with E-state index < -0.39 is 5.76 Å². The van der Waals surface area contributed by atoms with E-state index in [1.807, 2.05) is 115 Å². The Hall–Kier alpha value is -11.2. The quantitative estimate of drug-likeness (QED) is 0.111. The zero-order valence-corrected chi connectivity index (χ0v) is 70.9. The van der Waals surface area contributed by atoms with Crippen molar-refractivity contribution in [1.29, 1.82) is 0 Å². The molecule has 0 saturated heterocycles. The fourth-order valence-electron chi connectivity index (χ4n) is 13.5. The largest absolute Gasteiger partial charge is 0.436 e. The number of nitrogens with zero attached hydrogens (tertiary/aromatic N) is 3. The van der Waals surface area contributed by atoms with Crippen molar-refractivity contribution in [3.63, 3.8) is 0 Å². The van der Waals surface area contributed by atoms with Crippen molar-refractivity contribution < 1.29 is 17.7 Å². The van der Waals surface area contributed by atoms with Crippen LogP contribution in [0.4, 0.5) is 0 Å². The molecular weight excluding hydrogens is 1400 g/mol. The van der Waals surface area contributed by atoms with E-state index in [2.05, 4.69) is 267 Å². The molecule has 1 aliphatic rings. The van der Waals surface area contributed by atoms with Gasteiger partial charge in [-0.05, 0) is 236 Å². The molecule has 113 heavy (non-hydrogen) atoms. The van der Waals surface area contributed by atoms with Gasteiger partial charge in [0.2, 0.25) is 11.8 Å². The maximum atomic E-state index is 11.3. The summed E-state index contributed by atoms with van der Waals surface area (Å²) in [6.45, 7) is 50.2. The highest BCUT2D eigenvalue weighted by Gasteiger charge is 2.24. The van der Waals surface area contributed by atoms with Crippen LogP contribution in [0.5, 0.6) is 0 Å². The van der Waals surface area contributed by atoms with E-state index in [0.717, 1.165) is 61.0 Å². The van der Waals surface area contributed by atoms with Gasteiger partial charge in [0.05, 0.1) is 22.1 Å². The van der Waals surface area contributed by atoms with Crippen LogP contribution in [-0.2, 0) is 57.8 Å². The summed E-state index contributed by atoms with van der Waals surface area (Å²) in [4.78, 5) is 57.6. The molecule has 0 aliphatic heterocycles. The van der Waals surface area contributed by atoms with Gasteiger partial charge in [0.1, 0.15) is 11.0 Å². The molecule has 16 aromatic rings. The lowest BCUT2D eigenvalue weighted by molar-refractivity contribution is 0.528. The van der Waals surface area contributed by atoms with Crippen LogP contribution < -0.4 is 17.2 Å². The van der Waals surface area contributed by atoms with Gasteiger partial charge in [0.25, 0.3) is 0 Å². The predicted octanol–water partition coefficient (Wildman–Crippen LogP) is 25.0. The van der Waals surface area contributed by atoms with Crippen molar-refractivity contribution >= 4 is 77.2 Å². The minimum atomic E-state index is -0.397. The Bertz CT molecular complexity index is 6080. The number of aryl methyl sites for hydroxylation is 5. The van der Waals surface area contributed by atoms with Gasteiger partial charge >= 0.3 is 17.2 Å². The molecule has 15 heteroatoms. The summed E-state index contributed by atoms with van der Waals surface area (Å²) in [6, 6.07) is 64.1. The molecule has 590 valence electrons. The molecule has 0 bridgehead atoms. The lowest BCUT2D eigenvalue weighted by Gasteiger charge is -2.18. The van der Waals surface area contributed by atoms with E-state index in [-0.39, 0.29) is 49.4 Å². The second-order valence-electron chi connectivity index (χ2n) is 37.3. The highest BCUT2D eigenvalue weighted by Crippen LogP contribution is 2.36. The Labute approximate surface area is 664 Å². The fraction of sp³-hybridized carbons (Fsp3) is 0.357. The minimum Gasteiger partial charge on any atom is -0.436 e. The van der Waals surface area contributed by atoms with Crippen molar-refractivity contribution in [1.82, 2.24) is 39.5 Å². The first-order chi connectivity index (χ1) is 52.8. The molecule has 17 rings (SSSR count). The Balaban J connectivity index is 0.000000131. The van der Waals surface area contributed by atoms with Crippen LogP contribution >= 0.6 is 0 Å². The van der Waals surface area contributed by atoms with Gasteiger partial charge in [-0.3, -0.25) is 9.55 Å². The van der Waals surface area contributed by atoms with E-state index in [9.17, 15) is 14.4 Å². The number of H-pyrrole nitrogens is 5. The summed E-state index contributed by atoms with van der Waals surface area (Å²) < 4.78 is 23.3. The normalized spacial score (nSPS) is 12.7. The highest BCUT2D eigenvalue weighted by atomic mass is 16.4. The van der Waals surface area contributed by atoms with Crippen molar-refractivity contribution in [3.05, 3.63) is 281 Å². The van der Waals surface area contributed by atoms with Crippen LogP contribution in [0, 0.1) is 13.8 Å². The third-order valence-electron chi connectivity index (χ3n) is 20.8. The number of aromatic amines is 5. The van der Waals surface area contributed by atoms with E-state index in [4.69, 9.17) is 17.7 Å². The van der Waals surface area contributed by atoms with Gasteiger partial charge in [-0.15, -0.1) is 0 Å². The molecule has 1 aliphatic carbocycles.